The molecular weight excluding hydrogens is 459 g/mol. The molecule has 34 heavy (non-hydrogen) atoms. The van der Waals surface area contributed by atoms with Crippen molar-refractivity contribution in [1.82, 2.24) is 0 Å². The molecule has 0 aliphatic carbocycles. The van der Waals surface area contributed by atoms with Crippen LogP contribution in [0.15, 0.2) is 41.3 Å². The number of hydrogen-bond acceptors (Lipinski definition) is 7. The van der Waals surface area contributed by atoms with E-state index in [9.17, 15) is 18.0 Å². The molecule has 1 aliphatic rings. The van der Waals surface area contributed by atoms with Crippen LogP contribution in [0.5, 0.6) is 0 Å². The van der Waals surface area contributed by atoms with E-state index in [1.807, 2.05) is 13.8 Å². The van der Waals surface area contributed by atoms with E-state index >= 15 is 0 Å². The van der Waals surface area contributed by atoms with Crippen LogP contribution in [-0.4, -0.2) is 47.2 Å². The zero-order valence-electron chi connectivity index (χ0n) is 19.7. The lowest BCUT2D eigenvalue weighted by atomic mass is 9.74. The Labute approximate surface area is 200 Å². The SMILES string of the molecule is CCOC(=O)Nc1cc(C(=O)Cc2ccc(S(N)(=O)=O)c(C)c2)ccc1B1OCC(C)(C)CO1. The van der Waals surface area contributed by atoms with Crippen molar-refractivity contribution < 1.29 is 32.1 Å². The van der Waals surface area contributed by atoms with Gasteiger partial charge in [0, 0.05) is 41.8 Å². The number of amides is 1. The molecule has 0 saturated carbocycles. The van der Waals surface area contributed by atoms with Crippen molar-refractivity contribution in [2.75, 3.05) is 25.1 Å². The smallest absolute Gasteiger partial charge is 0.450 e. The van der Waals surface area contributed by atoms with Gasteiger partial charge in [-0.15, -0.1) is 0 Å². The number of rotatable bonds is 7. The van der Waals surface area contributed by atoms with Gasteiger partial charge in [0.2, 0.25) is 10.0 Å². The molecule has 9 nitrogen and oxygen atoms in total. The molecule has 3 N–H and O–H groups in total. The minimum Gasteiger partial charge on any atom is -0.450 e. The highest BCUT2D eigenvalue weighted by Gasteiger charge is 2.35. The third kappa shape index (κ3) is 6.44. The Morgan fingerprint density at radius 2 is 1.82 bits per heavy atom. The Hall–Kier alpha value is -2.73. The summed E-state index contributed by atoms with van der Waals surface area (Å²) in [5.74, 6) is -0.215. The van der Waals surface area contributed by atoms with Crippen LogP contribution in [0, 0.1) is 12.3 Å². The normalized spacial score (nSPS) is 15.6. The van der Waals surface area contributed by atoms with Gasteiger partial charge < -0.3 is 14.0 Å². The molecule has 0 spiro atoms. The number of carbonyl (C=O) groups is 2. The molecular formula is C23H29BN2O7S. The summed E-state index contributed by atoms with van der Waals surface area (Å²) in [5.41, 5.74) is 2.27. The van der Waals surface area contributed by atoms with Gasteiger partial charge in [0.1, 0.15) is 0 Å². The van der Waals surface area contributed by atoms with Gasteiger partial charge in [-0.2, -0.15) is 0 Å². The Kier molecular flexibility index (Phi) is 7.82. The van der Waals surface area contributed by atoms with Crippen LogP contribution in [-0.2, 0) is 30.5 Å². The summed E-state index contributed by atoms with van der Waals surface area (Å²) in [7, 11) is -4.53. The number of nitrogens with one attached hydrogen (secondary N) is 1. The predicted molar refractivity (Wildman–Crippen MR) is 129 cm³/mol. The van der Waals surface area contributed by atoms with Gasteiger partial charge in [-0.05, 0) is 37.1 Å². The molecule has 0 atom stereocenters. The molecule has 1 amide bonds. The van der Waals surface area contributed by atoms with E-state index in [2.05, 4.69) is 5.32 Å². The van der Waals surface area contributed by atoms with E-state index < -0.39 is 23.2 Å². The van der Waals surface area contributed by atoms with E-state index in [-0.39, 0.29) is 29.1 Å². The van der Waals surface area contributed by atoms with Crippen LogP contribution in [0.1, 0.15) is 42.3 Å². The topological polar surface area (TPSA) is 134 Å². The quantitative estimate of drug-likeness (QED) is 0.452. The number of benzene rings is 2. The summed E-state index contributed by atoms with van der Waals surface area (Å²) >= 11 is 0. The van der Waals surface area contributed by atoms with Crippen LogP contribution in [0.4, 0.5) is 10.5 Å². The third-order valence-corrected chi connectivity index (χ3v) is 6.37. The highest BCUT2D eigenvalue weighted by molar-refractivity contribution is 7.89. The zero-order chi connectivity index (χ0) is 25.1. The average Bonchev–Trinajstić information content (AvgIpc) is 2.73. The van der Waals surface area contributed by atoms with E-state index in [1.165, 1.54) is 6.07 Å². The Morgan fingerprint density at radius 3 is 2.41 bits per heavy atom. The first-order valence-corrected chi connectivity index (χ1v) is 12.4. The Bertz CT molecular complexity index is 1190. The van der Waals surface area contributed by atoms with Crippen molar-refractivity contribution in [2.45, 2.75) is 39.0 Å². The molecule has 0 bridgehead atoms. The second-order valence-corrected chi connectivity index (χ2v) is 10.5. The van der Waals surface area contributed by atoms with Crippen molar-refractivity contribution in [1.29, 1.82) is 0 Å². The second kappa shape index (κ2) is 10.3. The van der Waals surface area contributed by atoms with Gasteiger partial charge in [-0.1, -0.05) is 38.1 Å². The van der Waals surface area contributed by atoms with Crippen LogP contribution in [0.2, 0.25) is 0 Å². The van der Waals surface area contributed by atoms with E-state index in [1.54, 1.807) is 44.2 Å². The number of primary sulfonamides is 1. The van der Waals surface area contributed by atoms with Gasteiger partial charge in [0.05, 0.1) is 11.5 Å². The van der Waals surface area contributed by atoms with Gasteiger partial charge in [-0.3, -0.25) is 10.1 Å². The lowest BCUT2D eigenvalue weighted by Crippen LogP contribution is -2.48. The Balaban J connectivity index is 1.86. The monoisotopic (exact) mass is 488 g/mol. The van der Waals surface area contributed by atoms with Crippen molar-refractivity contribution in [3.63, 3.8) is 0 Å². The van der Waals surface area contributed by atoms with E-state index in [4.69, 9.17) is 19.2 Å². The van der Waals surface area contributed by atoms with Crippen molar-refractivity contribution in [2.24, 2.45) is 10.6 Å². The molecule has 0 aromatic heterocycles. The lowest BCUT2D eigenvalue weighted by Gasteiger charge is -2.33. The molecule has 1 saturated heterocycles. The highest BCUT2D eigenvalue weighted by Crippen LogP contribution is 2.23. The molecule has 1 aliphatic heterocycles. The van der Waals surface area contributed by atoms with Gasteiger partial charge in [0.25, 0.3) is 0 Å². The maximum Gasteiger partial charge on any atom is 0.496 e. The number of carbonyl (C=O) groups excluding carboxylic acids is 2. The zero-order valence-corrected chi connectivity index (χ0v) is 20.5. The molecule has 1 heterocycles. The average molecular weight is 488 g/mol. The van der Waals surface area contributed by atoms with Gasteiger partial charge >= 0.3 is 13.2 Å². The van der Waals surface area contributed by atoms with E-state index in [0.717, 1.165) is 0 Å². The number of aryl methyl sites for hydroxylation is 1. The number of sulfonamides is 1. The Morgan fingerprint density at radius 1 is 1.15 bits per heavy atom. The number of ether oxygens (including phenoxy) is 1. The van der Waals surface area contributed by atoms with Gasteiger partial charge in [0.15, 0.2) is 5.78 Å². The fourth-order valence-electron chi connectivity index (χ4n) is 3.62. The summed E-state index contributed by atoms with van der Waals surface area (Å²) in [4.78, 5) is 25.1. The molecule has 11 heteroatoms. The fourth-order valence-corrected chi connectivity index (χ4v) is 4.39. The molecule has 1 fully saturated rings. The third-order valence-electron chi connectivity index (χ3n) is 5.30. The number of nitrogens with two attached hydrogens (primary N) is 1. The first kappa shape index (κ1) is 25.9. The summed E-state index contributed by atoms with van der Waals surface area (Å²) in [6.07, 6.45) is -0.618. The minimum absolute atomic E-state index is 0.0182. The fraction of sp³-hybridized carbons (Fsp3) is 0.391. The lowest BCUT2D eigenvalue weighted by molar-refractivity contribution is 0.0343. The summed E-state index contributed by atoms with van der Waals surface area (Å²) in [6.45, 7) is 8.52. The highest BCUT2D eigenvalue weighted by atomic mass is 32.2. The number of hydrogen-bond donors (Lipinski definition) is 2. The van der Waals surface area contributed by atoms with E-state index in [0.29, 0.717) is 41.1 Å². The van der Waals surface area contributed by atoms with Crippen molar-refractivity contribution >= 4 is 40.2 Å². The summed E-state index contributed by atoms with van der Waals surface area (Å²) in [5, 5.41) is 7.88. The molecule has 0 unspecified atom stereocenters. The van der Waals surface area contributed by atoms with Gasteiger partial charge in [-0.25, -0.2) is 18.4 Å². The molecule has 2 aromatic carbocycles. The van der Waals surface area contributed by atoms with Crippen LogP contribution in [0.25, 0.3) is 0 Å². The minimum atomic E-state index is -3.84. The summed E-state index contributed by atoms with van der Waals surface area (Å²) < 4.78 is 39.9. The molecule has 182 valence electrons. The number of Topliss-reactive ketones (excluding diaryl/α,β-unsaturated/α-hetero) is 1. The molecule has 0 radical (unpaired) electrons. The molecule has 2 aromatic rings. The maximum atomic E-state index is 13.0. The largest absolute Gasteiger partial charge is 0.496 e. The molecule has 3 rings (SSSR count). The maximum absolute atomic E-state index is 13.0. The van der Waals surface area contributed by atoms with Crippen molar-refractivity contribution in [3.05, 3.63) is 53.1 Å². The van der Waals surface area contributed by atoms with Crippen molar-refractivity contribution in [3.8, 4) is 0 Å². The predicted octanol–water partition coefficient (Wildman–Crippen LogP) is 2.40. The van der Waals surface area contributed by atoms with Crippen LogP contribution < -0.4 is 15.9 Å². The first-order chi connectivity index (χ1) is 15.9. The van der Waals surface area contributed by atoms with Crippen LogP contribution in [0.3, 0.4) is 0 Å². The summed E-state index contributed by atoms with van der Waals surface area (Å²) in [6, 6.07) is 9.46. The first-order valence-electron chi connectivity index (χ1n) is 10.9. The standard InChI is InChI=1S/C23H29BN2O7S/c1-5-31-22(28)26-19-12-17(7-8-18(19)24-32-13-23(3,4)14-33-24)20(27)11-16-6-9-21(15(2)10-16)34(25,29)30/h6-10,12H,5,11,13-14H2,1-4H3,(H,26,28)(H2,25,29,30). The van der Waals surface area contributed by atoms with Crippen LogP contribution >= 0.6 is 0 Å². The number of anilines is 1. The number of ketones is 1. The second-order valence-electron chi connectivity index (χ2n) is 9.01.